The van der Waals surface area contributed by atoms with Crippen LogP contribution >= 0.6 is 0 Å². The largest absolute Gasteiger partial charge is 0.383 e. The number of aryl methyl sites for hydroxylation is 1. The molecule has 0 aliphatic carbocycles. The molecule has 19 heavy (non-hydrogen) atoms. The van der Waals surface area contributed by atoms with Crippen molar-refractivity contribution in [2.45, 2.75) is 6.92 Å². The minimum atomic E-state index is -0.552. The first-order valence-electron chi connectivity index (χ1n) is 5.53. The predicted octanol–water partition coefficient (Wildman–Crippen LogP) is 2.69. The summed E-state index contributed by atoms with van der Waals surface area (Å²) < 4.78 is 13.9. The van der Waals surface area contributed by atoms with Gasteiger partial charge in [0.2, 0.25) is 0 Å². The van der Waals surface area contributed by atoms with Gasteiger partial charge in [0.1, 0.15) is 11.6 Å². The van der Waals surface area contributed by atoms with Gasteiger partial charge in [-0.15, -0.1) is 0 Å². The maximum Gasteiger partial charge on any atom is 0.164 e. The van der Waals surface area contributed by atoms with E-state index in [0.29, 0.717) is 11.3 Å². The van der Waals surface area contributed by atoms with Crippen molar-refractivity contribution >= 4 is 11.9 Å². The summed E-state index contributed by atoms with van der Waals surface area (Å²) in [5.41, 5.74) is 7.50. The number of nitriles is 1. The molecule has 2 N–H and O–H groups in total. The molecule has 0 saturated carbocycles. The number of anilines is 1. The summed E-state index contributed by atoms with van der Waals surface area (Å²) >= 11 is 0. The normalized spacial score (nSPS) is 9.95. The van der Waals surface area contributed by atoms with E-state index in [2.05, 4.69) is 16.5 Å². The van der Waals surface area contributed by atoms with Crippen molar-refractivity contribution in [1.29, 1.82) is 5.26 Å². The topological polar surface area (TPSA) is 75.6 Å². The fourth-order valence-electron chi connectivity index (χ4n) is 1.74. The lowest BCUT2D eigenvalue weighted by molar-refractivity contribution is 0.629. The lowest BCUT2D eigenvalue weighted by atomic mass is 10.1. The molecule has 0 aliphatic heterocycles. The molecule has 0 atom stereocenters. The van der Waals surface area contributed by atoms with Gasteiger partial charge in [-0.25, -0.2) is 14.4 Å². The highest BCUT2D eigenvalue weighted by Gasteiger charge is 2.12. The van der Waals surface area contributed by atoms with E-state index in [1.54, 1.807) is 13.0 Å². The van der Waals surface area contributed by atoms with Crippen LogP contribution in [-0.4, -0.2) is 9.97 Å². The van der Waals surface area contributed by atoms with E-state index in [0.717, 1.165) is 6.07 Å². The second-order valence-electron chi connectivity index (χ2n) is 3.94. The minimum absolute atomic E-state index is 0.197. The van der Waals surface area contributed by atoms with Gasteiger partial charge in [-0.3, -0.25) is 0 Å². The van der Waals surface area contributed by atoms with Gasteiger partial charge in [-0.05, 0) is 25.1 Å². The summed E-state index contributed by atoms with van der Waals surface area (Å²) in [6.07, 6.45) is 1.56. The third-order valence-corrected chi connectivity index (χ3v) is 2.71. The average Bonchev–Trinajstić information content (AvgIpc) is 2.38. The van der Waals surface area contributed by atoms with Crippen LogP contribution in [0.15, 0.2) is 24.8 Å². The molecule has 0 bridgehead atoms. The summed E-state index contributed by atoms with van der Waals surface area (Å²) in [7, 11) is 0. The lowest BCUT2D eigenvalue weighted by Crippen LogP contribution is -2.03. The second-order valence-corrected chi connectivity index (χ2v) is 3.94. The van der Waals surface area contributed by atoms with Gasteiger partial charge < -0.3 is 5.73 Å². The predicted molar refractivity (Wildman–Crippen MR) is 71.4 cm³/mol. The first-order valence-corrected chi connectivity index (χ1v) is 5.53. The molecule has 0 aliphatic rings. The molecule has 0 saturated heterocycles. The van der Waals surface area contributed by atoms with E-state index in [4.69, 9.17) is 11.0 Å². The van der Waals surface area contributed by atoms with E-state index >= 15 is 0 Å². The molecular formula is C14H11FN4. The Kier molecular flexibility index (Phi) is 3.25. The van der Waals surface area contributed by atoms with Crippen LogP contribution in [0.2, 0.25) is 0 Å². The van der Waals surface area contributed by atoms with E-state index in [-0.39, 0.29) is 22.8 Å². The molecule has 2 aromatic rings. The van der Waals surface area contributed by atoms with Crippen LogP contribution in [0, 0.1) is 24.1 Å². The molecule has 2 rings (SSSR count). The average molecular weight is 254 g/mol. The summed E-state index contributed by atoms with van der Waals surface area (Å²) in [6, 6.07) is 5.99. The van der Waals surface area contributed by atoms with Crippen molar-refractivity contribution in [2.75, 3.05) is 5.73 Å². The molecule has 94 valence electrons. The van der Waals surface area contributed by atoms with Crippen molar-refractivity contribution in [3.63, 3.8) is 0 Å². The molecule has 0 fully saturated rings. The molecular weight excluding hydrogens is 243 g/mol. The highest BCUT2D eigenvalue weighted by Crippen LogP contribution is 2.24. The number of hydrogen-bond donors (Lipinski definition) is 1. The van der Waals surface area contributed by atoms with Crippen LogP contribution in [0.25, 0.3) is 17.5 Å². The Hall–Kier alpha value is -2.74. The monoisotopic (exact) mass is 254 g/mol. The Morgan fingerprint density at radius 2 is 2.16 bits per heavy atom. The van der Waals surface area contributed by atoms with Crippen LogP contribution in [0.3, 0.4) is 0 Å². The highest BCUT2D eigenvalue weighted by molar-refractivity contribution is 5.66. The SMILES string of the molecule is C=Cc1c(C)nc(-c2ccc(C#N)cc2F)nc1N. The van der Waals surface area contributed by atoms with E-state index in [1.165, 1.54) is 12.1 Å². The van der Waals surface area contributed by atoms with Crippen molar-refractivity contribution in [1.82, 2.24) is 9.97 Å². The van der Waals surface area contributed by atoms with Crippen LogP contribution in [0.4, 0.5) is 10.2 Å². The number of rotatable bonds is 2. The molecule has 0 unspecified atom stereocenters. The van der Waals surface area contributed by atoms with Gasteiger partial charge in [0.05, 0.1) is 22.9 Å². The summed E-state index contributed by atoms with van der Waals surface area (Å²) in [5, 5.41) is 8.70. The molecule has 1 aromatic heterocycles. The minimum Gasteiger partial charge on any atom is -0.383 e. The number of nitrogens with zero attached hydrogens (tertiary/aromatic N) is 3. The molecule has 5 heteroatoms. The fraction of sp³-hybridized carbons (Fsp3) is 0.0714. The van der Waals surface area contributed by atoms with Gasteiger partial charge >= 0.3 is 0 Å². The number of hydrogen-bond acceptors (Lipinski definition) is 4. The quantitative estimate of drug-likeness (QED) is 0.893. The van der Waals surface area contributed by atoms with Gasteiger partial charge in [0.15, 0.2) is 5.82 Å². The van der Waals surface area contributed by atoms with Gasteiger partial charge in [-0.2, -0.15) is 5.26 Å². The van der Waals surface area contributed by atoms with E-state index < -0.39 is 5.82 Å². The maximum atomic E-state index is 13.9. The van der Waals surface area contributed by atoms with Crippen molar-refractivity contribution < 1.29 is 4.39 Å². The lowest BCUT2D eigenvalue weighted by Gasteiger charge is -2.08. The summed E-state index contributed by atoms with van der Waals surface area (Å²) in [6.45, 7) is 5.38. The van der Waals surface area contributed by atoms with Gasteiger partial charge in [-0.1, -0.05) is 12.7 Å². The smallest absolute Gasteiger partial charge is 0.164 e. The van der Waals surface area contributed by atoms with Crippen LogP contribution in [-0.2, 0) is 0 Å². The molecule has 0 spiro atoms. The first kappa shape index (κ1) is 12.7. The summed E-state index contributed by atoms with van der Waals surface area (Å²) in [5.74, 6) is -0.104. The highest BCUT2D eigenvalue weighted by atomic mass is 19.1. The van der Waals surface area contributed by atoms with Crippen LogP contribution < -0.4 is 5.73 Å². The zero-order valence-corrected chi connectivity index (χ0v) is 10.3. The van der Waals surface area contributed by atoms with Crippen LogP contribution in [0.5, 0.6) is 0 Å². The molecule has 1 aromatic carbocycles. The third kappa shape index (κ3) is 2.29. The second kappa shape index (κ2) is 4.86. The zero-order valence-electron chi connectivity index (χ0n) is 10.3. The third-order valence-electron chi connectivity index (χ3n) is 2.71. The van der Waals surface area contributed by atoms with Crippen LogP contribution in [0.1, 0.15) is 16.8 Å². The standard InChI is InChI=1S/C14H11FN4/c1-3-10-8(2)18-14(19-13(10)17)11-5-4-9(7-16)6-12(11)15/h3-6H,1H2,2H3,(H2,17,18,19). The van der Waals surface area contributed by atoms with E-state index in [1.807, 2.05) is 6.07 Å². The van der Waals surface area contributed by atoms with Crippen molar-refractivity contribution in [2.24, 2.45) is 0 Å². The number of nitrogen functional groups attached to an aromatic ring is 1. The molecule has 0 amide bonds. The van der Waals surface area contributed by atoms with E-state index in [9.17, 15) is 4.39 Å². The molecule has 4 nitrogen and oxygen atoms in total. The van der Waals surface area contributed by atoms with Crippen molar-refractivity contribution in [3.8, 4) is 17.5 Å². The maximum absolute atomic E-state index is 13.9. The molecule has 1 heterocycles. The van der Waals surface area contributed by atoms with Gasteiger partial charge in [0, 0.05) is 5.56 Å². The Labute approximate surface area is 110 Å². The number of nitrogens with two attached hydrogens (primary N) is 1. The number of aromatic nitrogens is 2. The molecule has 0 radical (unpaired) electrons. The Morgan fingerprint density at radius 1 is 1.42 bits per heavy atom. The Balaban J connectivity index is 2.60. The number of benzene rings is 1. The van der Waals surface area contributed by atoms with Gasteiger partial charge in [0.25, 0.3) is 0 Å². The first-order chi connectivity index (χ1) is 9.06. The van der Waals surface area contributed by atoms with Crippen molar-refractivity contribution in [3.05, 3.63) is 47.4 Å². The fourth-order valence-corrected chi connectivity index (χ4v) is 1.74. The summed E-state index contributed by atoms with van der Waals surface area (Å²) in [4.78, 5) is 8.27. The number of halogens is 1. The zero-order chi connectivity index (χ0) is 14.0. The Morgan fingerprint density at radius 3 is 2.68 bits per heavy atom. The Bertz CT molecular complexity index is 678.